The lowest BCUT2D eigenvalue weighted by molar-refractivity contribution is -0.314. The number of esters is 1. The van der Waals surface area contributed by atoms with E-state index in [-0.39, 0.29) is 12.5 Å². The van der Waals surface area contributed by atoms with E-state index in [2.05, 4.69) is 0 Å². The molecule has 20 heavy (non-hydrogen) atoms. The number of cyclic esters (lactones) is 1. The molecule has 0 aromatic rings. The van der Waals surface area contributed by atoms with Gasteiger partial charge in [-0.25, -0.2) is 0 Å². The Hall–Kier alpha value is -0.770. The molecule has 4 N–H and O–H groups in total. The number of aliphatic hydroxyl groups is 4. The highest BCUT2D eigenvalue weighted by Gasteiger charge is 2.45. The summed E-state index contributed by atoms with van der Waals surface area (Å²) in [5, 5.41) is 38.2. The van der Waals surface area contributed by atoms with Gasteiger partial charge in [-0.3, -0.25) is 4.79 Å². The van der Waals surface area contributed by atoms with Gasteiger partial charge in [0.05, 0.1) is 19.1 Å². The summed E-state index contributed by atoms with van der Waals surface area (Å²) < 4.78 is 15.7. The molecule has 2 aliphatic heterocycles. The zero-order chi connectivity index (χ0) is 14.9. The van der Waals surface area contributed by atoms with Crippen LogP contribution in [0.25, 0.3) is 0 Å². The van der Waals surface area contributed by atoms with Crippen LogP contribution in [0.4, 0.5) is 0 Å². The van der Waals surface area contributed by atoms with E-state index < -0.39 is 49.4 Å². The molecule has 0 bridgehead atoms. The molecular weight excluding hydrogens is 272 g/mol. The number of hydrogen-bond donors (Lipinski definition) is 4. The van der Waals surface area contributed by atoms with Crippen molar-refractivity contribution < 1.29 is 39.4 Å². The van der Waals surface area contributed by atoms with E-state index in [1.54, 1.807) is 6.92 Å². The molecule has 0 saturated carbocycles. The van der Waals surface area contributed by atoms with E-state index in [0.29, 0.717) is 6.42 Å². The minimum absolute atomic E-state index is 0.0271. The molecule has 2 aliphatic rings. The van der Waals surface area contributed by atoms with Gasteiger partial charge >= 0.3 is 5.97 Å². The first-order valence-corrected chi connectivity index (χ1v) is 6.57. The second-order valence-electron chi connectivity index (χ2n) is 5.20. The first-order valence-electron chi connectivity index (χ1n) is 6.57. The minimum atomic E-state index is -1.49. The van der Waals surface area contributed by atoms with Gasteiger partial charge in [-0.2, -0.15) is 0 Å². The summed E-state index contributed by atoms with van der Waals surface area (Å²) in [5.74, 6) is -0.404. The van der Waals surface area contributed by atoms with Gasteiger partial charge in [0.2, 0.25) is 0 Å². The average Bonchev–Trinajstić information content (AvgIpc) is 2.38. The predicted molar refractivity (Wildman–Crippen MR) is 63.4 cm³/mol. The molecule has 0 aromatic carbocycles. The number of carbonyl (C=O) groups is 1. The van der Waals surface area contributed by atoms with E-state index >= 15 is 0 Å². The molecule has 2 saturated heterocycles. The lowest BCUT2D eigenvalue weighted by Crippen LogP contribution is -2.60. The quantitative estimate of drug-likeness (QED) is 0.436. The summed E-state index contributed by atoms with van der Waals surface area (Å²) in [6.07, 6.45) is -6.94. The highest BCUT2D eigenvalue weighted by atomic mass is 16.7. The zero-order valence-electron chi connectivity index (χ0n) is 11.1. The molecule has 2 rings (SSSR count). The van der Waals surface area contributed by atoms with Crippen molar-refractivity contribution in [3.63, 3.8) is 0 Å². The Morgan fingerprint density at radius 1 is 1.25 bits per heavy atom. The standard InChI is InChI=1S/C12H20O8/c1-5-2-6(3-8(14)18-5)19-12-11(17)10(16)9(15)7(4-13)20-12/h5-7,9-13,15-17H,2-4H2,1H3/t5-,6-,7+,9+,10-,11+,12+/m0/s1. The first-order chi connectivity index (χ1) is 9.42. The van der Waals surface area contributed by atoms with Crippen LogP contribution in [-0.4, -0.2) is 75.9 Å². The summed E-state index contributed by atoms with van der Waals surface area (Å²) in [7, 11) is 0. The Morgan fingerprint density at radius 3 is 2.55 bits per heavy atom. The Morgan fingerprint density at radius 2 is 1.95 bits per heavy atom. The molecule has 0 aromatic heterocycles. The second kappa shape index (κ2) is 6.33. The van der Waals surface area contributed by atoms with Gasteiger partial charge in [0.15, 0.2) is 6.29 Å². The SMILES string of the molecule is C[C@H]1C[C@H](O[C@@H]2O[C@H](CO)[C@@H](O)[C@H](O)[C@H]2O)CC(=O)O1. The van der Waals surface area contributed by atoms with Crippen molar-refractivity contribution in [1.29, 1.82) is 0 Å². The topological polar surface area (TPSA) is 126 Å². The van der Waals surface area contributed by atoms with Crippen LogP contribution >= 0.6 is 0 Å². The molecule has 0 unspecified atom stereocenters. The van der Waals surface area contributed by atoms with Crippen LogP contribution in [0.5, 0.6) is 0 Å². The molecular formula is C12H20O8. The van der Waals surface area contributed by atoms with Crippen LogP contribution in [0.1, 0.15) is 19.8 Å². The summed E-state index contributed by atoms with van der Waals surface area (Å²) in [6, 6.07) is 0. The van der Waals surface area contributed by atoms with E-state index in [0.717, 1.165) is 0 Å². The van der Waals surface area contributed by atoms with Gasteiger partial charge in [-0.05, 0) is 6.92 Å². The van der Waals surface area contributed by atoms with Gasteiger partial charge in [-0.15, -0.1) is 0 Å². The second-order valence-corrected chi connectivity index (χ2v) is 5.20. The van der Waals surface area contributed by atoms with Crippen molar-refractivity contribution in [2.45, 2.75) is 62.7 Å². The number of hydrogen-bond acceptors (Lipinski definition) is 8. The van der Waals surface area contributed by atoms with Crippen molar-refractivity contribution >= 4 is 5.97 Å². The van der Waals surface area contributed by atoms with E-state index in [4.69, 9.17) is 19.3 Å². The maximum Gasteiger partial charge on any atom is 0.308 e. The fraction of sp³-hybridized carbons (Fsp3) is 0.917. The molecule has 8 nitrogen and oxygen atoms in total. The van der Waals surface area contributed by atoms with Crippen LogP contribution < -0.4 is 0 Å². The number of carbonyl (C=O) groups excluding carboxylic acids is 1. The van der Waals surface area contributed by atoms with Crippen molar-refractivity contribution in [3.05, 3.63) is 0 Å². The largest absolute Gasteiger partial charge is 0.462 e. The molecule has 2 fully saturated rings. The summed E-state index contributed by atoms with van der Waals surface area (Å²) >= 11 is 0. The van der Waals surface area contributed by atoms with Crippen LogP contribution in [-0.2, 0) is 19.0 Å². The average molecular weight is 292 g/mol. The summed E-state index contributed by atoms with van der Waals surface area (Å²) in [6.45, 7) is 1.20. The van der Waals surface area contributed by atoms with Crippen LogP contribution in [0.15, 0.2) is 0 Å². The van der Waals surface area contributed by atoms with Crippen LogP contribution in [0.3, 0.4) is 0 Å². The van der Waals surface area contributed by atoms with Crippen LogP contribution in [0, 0.1) is 0 Å². The number of rotatable bonds is 3. The molecule has 2 heterocycles. The van der Waals surface area contributed by atoms with E-state index in [9.17, 15) is 20.1 Å². The summed E-state index contributed by atoms with van der Waals surface area (Å²) in [5.41, 5.74) is 0. The third-order valence-electron chi connectivity index (χ3n) is 3.50. The molecule has 0 spiro atoms. The van der Waals surface area contributed by atoms with Gasteiger partial charge in [-0.1, -0.05) is 0 Å². The Balaban J connectivity index is 1.98. The third kappa shape index (κ3) is 3.27. The highest BCUT2D eigenvalue weighted by Crippen LogP contribution is 2.26. The van der Waals surface area contributed by atoms with Crippen molar-refractivity contribution in [2.75, 3.05) is 6.61 Å². The number of aliphatic hydroxyl groups excluding tert-OH is 4. The molecule has 8 heteroatoms. The molecule has 116 valence electrons. The van der Waals surface area contributed by atoms with Gasteiger partial charge in [0.1, 0.15) is 30.5 Å². The van der Waals surface area contributed by atoms with Gasteiger partial charge in [0, 0.05) is 6.42 Å². The number of ether oxygens (including phenoxy) is 3. The minimum Gasteiger partial charge on any atom is -0.462 e. The van der Waals surface area contributed by atoms with E-state index in [1.807, 2.05) is 0 Å². The normalized spacial score (nSPS) is 46.0. The van der Waals surface area contributed by atoms with Gasteiger partial charge in [0.25, 0.3) is 0 Å². The molecule has 0 radical (unpaired) electrons. The van der Waals surface area contributed by atoms with Gasteiger partial charge < -0.3 is 34.6 Å². The molecule has 7 atom stereocenters. The monoisotopic (exact) mass is 292 g/mol. The Labute approximate surface area is 115 Å². The van der Waals surface area contributed by atoms with Crippen molar-refractivity contribution in [2.24, 2.45) is 0 Å². The highest BCUT2D eigenvalue weighted by molar-refractivity contribution is 5.70. The Bertz CT molecular complexity index is 346. The predicted octanol–water partition coefficient (Wildman–Crippen LogP) is -2.10. The maximum absolute atomic E-state index is 11.3. The molecule has 0 aliphatic carbocycles. The fourth-order valence-electron chi connectivity index (χ4n) is 2.43. The first kappa shape index (κ1) is 15.6. The van der Waals surface area contributed by atoms with Crippen molar-refractivity contribution in [1.82, 2.24) is 0 Å². The van der Waals surface area contributed by atoms with Crippen LogP contribution in [0.2, 0.25) is 0 Å². The Kier molecular flexibility index (Phi) is 4.95. The fourth-order valence-corrected chi connectivity index (χ4v) is 2.43. The summed E-state index contributed by atoms with van der Waals surface area (Å²) in [4.78, 5) is 11.3. The zero-order valence-corrected chi connectivity index (χ0v) is 11.1. The smallest absolute Gasteiger partial charge is 0.308 e. The lowest BCUT2D eigenvalue weighted by atomic mass is 9.99. The third-order valence-corrected chi connectivity index (χ3v) is 3.50. The van der Waals surface area contributed by atoms with Crippen molar-refractivity contribution in [3.8, 4) is 0 Å². The van der Waals surface area contributed by atoms with E-state index in [1.165, 1.54) is 0 Å². The maximum atomic E-state index is 11.3. The molecule has 0 amide bonds. The lowest BCUT2D eigenvalue weighted by Gasteiger charge is -2.41.